The Kier molecular flexibility index (Phi) is 13.4. The largest absolute Gasteiger partial charge is 0.507 e. The number of carbonyl (C=O) groups is 1. The first-order valence-corrected chi connectivity index (χ1v) is 16.1. The minimum Gasteiger partial charge on any atom is -0.507 e. The first-order chi connectivity index (χ1) is 23.5. The number of fused-ring (bicyclic) bond motifs is 2. The third kappa shape index (κ3) is 10.1. The number of hydrogen-bond acceptors (Lipinski definition) is 14. The van der Waals surface area contributed by atoms with Crippen molar-refractivity contribution in [2.75, 3.05) is 101 Å². The summed E-state index contributed by atoms with van der Waals surface area (Å²) in [5.74, 6) is 0.0858. The number of aromatic hydroxyl groups is 1. The number of nitrogens with two attached hydrogens (primary N) is 1. The van der Waals surface area contributed by atoms with E-state index in [1.807, 2.05) is 30.3 Å². The molecule has 260 valence electrons. The number of carboxylic acids is 1. The zero-order valence-corrected chi connectivity index (χ0v) is 26.9. The van der Waals surface area contributed by atoms with Crippen molar-refractivity contribution >= 4 is 23.2 Å². The maximum atomic E-state index is 10.3. The van der Waals surface area contributed by atoms with Crippen LogP contribution in [0.25, 0.3) is 11.3 Å². The molecule has 2 aliphatic heterocycles. The van der Waals surface area contributed by atoms with Gasteiger partial charge in [0.2, 0.25) is 5.88 Å². The zero-order valence-electron chi connectivity index (χ0n) is 26.9. The van der Waals surface area contributed by atoms with Gasteiger partial charge in [0.25, 0.3) is 0 Å². The van der Waals surface area contributed by atoms with Gasteiger partial charge in [0.1, 0.15) is 19.0 Å². The predicted molar refractivity (Wildman–Crippen MR) is 177 cm³/mol. The lowest BCUT2D eigenvalue weighted by Gasteiger charge is -2.43. The molecule has 1 aromatic carbocycles. The van der Waals surface area contributed by atoms with E-state index < -0.39 is 5.97 Å². The molecule has 15 heteroatoms. The number of carboxylic acid groups (broad SMARTS) is 1. The number of anilines is 3. The molecule has 2 bridgehead atoms. The summed E-state index contributed by atoms with van der Waals surface area (Å²) in [6, 6.07) is 13.6. The highest BCUT2D eigenvalue weighted by atomic mass is 16.6. The Hall–Kier alpha value is -4.28. The molecule has 0 amide bonds. The molecule has 2 saturated heterocycles. The molecule has 2 fully saturated rings. The maximum absolute atomic E-state index is 10.3. The topological polar surface area (TPSA) is 184 Å². The highest BCUT2D eigenvalue weighted by molar-refractivity contribution is 5.74. The second kappa shape index (κ2) is 18.3. The number of pyridine rings is 1. The summed E-state index contributed by atoms with van der Waals surface area (Å²) in [5, 5.41) is 27.2. The van der Waals surface area contributed by atoms with E-state index in [4.69, 9.17) is 39.3 Å². The van der Waals surface area contributed by atoms with E-state index >= 15 is 0 Å². The quantitative estimate of drug-likeness (QED) is 0.140. The molecule has 2 atom stereocenters. The van der Waals surface area contributed by atoms with Crippen LogP contribution in [0.15, 0.2) is 48.7 Å². The molecule has 0 saturated carbocycles. The van der Waals surface area contributed by atoms with Gasteiger partial charge in [-0.2, -0.15) is 0 Å². The number of piperazine rings is 1. The highest BCUT2D eigenvalue weighted by Gasteiger charge is 2.41. The Labute approximate surface area is 279 Å². The SMILES string of the molecule is Nc1nnc(-c2ccccc2O)cc1N1CC2CCC(C1)N2c1ccnc(OCCOCCOCCOCCOCCOCC(=O)O)c1. The Morgan fingerprint density at radius 2 is 1.42 bits per heavy atom. The lowest BCUT2D eigenvalue weighted by molar-refractivity contribution is -0.142. The van der Waals surface area contributed by atoms with Gasteiger partial charge in [-0.1, -0.05) is 12.1 Å². The van der Waals surface area contributed by atoms with Crippen molar-refractivity contribution < 1.29 is 43.4 Å². The van der Waals surface area contributed by atoms with Gasteiger partial charge in [-0.3, -0.25) is 0 Å². The minimum absolute atomic E-state index is 0.155. The number of phenols is 1. The number of para-hydroxylation sites is 1. The van der Waals surface area contributed by atoms with Gasteiger partial charge >= 0.3 is 5.97 Å². The standard InChI is InChI=1S/C33H44N6O9/c34-33-29(20-28(36-37-33)27-3-1-2-4-30(27)40)38-21-25-5-6-26(22-38)39(25)24-7-8-35-31(19-24)48-18-17-46-14-13-44-10-9-43-11-12-45-15-16-47-23-32(41)42/h1-4,7-8,19-20,25-26,40H,5-6,9-18,21-23H2,(H2,34,37)(H,41,42). The number of benzene rings is 1. The maximum Gasteiger partial charge on any atom is 0.329 e. The van der Waals surface area contributed by atoms with Crippen molar-refractivity contribution in [2.24, 2.45) is 0 Å². The van der Waals surface area contributed by atoms with Crippen LogP contribution in [0.5, 0.6) is 11.6 Å². The van der Waals surface area contributed by atoms with Crippen molar-refractivity contribution in [2.45, 2.75) is 24.9 Å². The van der Waals surface area contributed by atoms with Gasteiger partial charge in [-0.05, 0) is 37.1 Å². The molecule has 3 aromatic rings. The summed E-state index contributed by atoms with van der Waals surface area (Å²) in [4.78, 5) is 19.5. The van der Waals surface area contributed by atoms with Crippen LogP contribution in [0.4, 0.5) is 17.2 Å². The monoisotopic (exact) mass is 668 g/mol. The molecular formula is C33H44N6O9. The van der Waals surface area contributed by atoms with Crippen LogP contribution < -0.4 is 20.3 Å². The van der Waals surface area contributed by atoms with Crippen LogP contribution in [-0.2, 0) is 28.5 Å². The molecule has 48 heavy (non-hydrogen) atoms. The number of rotatable bonds is 21. The molecular weight excluding hydrogens is 624 g/mol. The van der Waals surface area contributed by atoms with E-state index in [2.05, 4.69) is 25.0 Å². The van der Waals surface area contributed by atoms with Gasteiger partial charge in [0.05, 0.1) is 70.8 Å². The summed E-state index contributed by atoms with van der Waals surface area (Å²) in [5.41, 5.74) is 9.42. The third-order valence-electron chi connectivity index (χ3n) is 8.01. The fourth-order valence-corrected chi connectivity index (χ4v) is 5.87. The van der Waals surface area contributed by atoms with Gasteiger partial charge < -0.3 is 54.2 Å². The number of phenolic OH excluding ortho intramolecular Hbond substituents is 1. The summed E-state index contributed by atoms with van der Waals surface area (Å²) in [7, 11) is 0. The minimum atomic E-state index is -1.000. The van der Waals surface area contributed by atoms with Gasteiger partial charge in [-0.15, -0.1) is 10.2 Å². The molecule has 2 unspecified atom stereocenters. The van der Waals surface area contributed by atoms with Crippen molar-refractivity contribution in [1.82, 2.24) is 15.2 Å². The lowest BCUT2D eigenvalue weighted by atomic mass is 10.1. The average molecular weight is 669 g/mol. The van der Waals surface area contributed by atoms with E-state index in [0.717, 1.165) is 37.3 Å². The van der Waals surface area contributed by atoms with Crippen LogP contribution >= 0.6 is 0 Å². The average Bonchev–Trinajstić information content (AvgIpc) is 3.35. The van der Waals surface area contributed by atoms with E-state index in [1.54, 1.807) is 18.3 Å². The van der Waals surface area contributed by atoms with E-state index in [1.165, 1.54) is 0 Å². The van der Waals surface area contributed by atoms with Gasteiger partial charge in [0.15, 0.2) is 5.82 Å². The first kappa shape index (κ1) is 35.0. The second-order valence-corrected chi connectivity index (χ2v) is 11.3. The first-order valence-electron chi connectivity index (χ1n) is 16.1. The fraction of sp³-hybridized carbons (Fsp3) is 0.515. The highest BCUT2D eigenvalue weighted by Crippen LogP contribution is 2.39. The van der Waals surface area contributed by atoms with Crippen LogP contribution in [0.3, 0.4) is 0 Å². The molecule has 4 heterocycles. The Morgan fingerprint density at radius 1 is 0.812 bits per heavy atom. The number of aromatic nitrogens is 3. The number of nitrogens with zero attached hydrogens (tertiary/aromatic N) is 5. The summed E-state index contributed by atoms with van der Waals surface area (Å²) in [6.07, 6.45) is 3.91. The van der Waals surface area contributed by atoms with E-state index in [9.17, 15) is 9.90 Å². The molecule has 15 nitrogen and oxygen atoms in total. The van der Waals surface area contributed by atoms with Crippen LogP contribution in [0.1, 0.15) is 12.8 Å². The fourth-order valence-electron chi connectivity index (χ4n) is 5.87. The number of ether oxygens (including phenoxy) is 6. The smallest absolute Gasteiger partial charge is 0.329 e. The predicted octanol–water partition coefficient (Wildman–Crippen LogP) is 2.23. The Bertz CT molecular complexity index is 1440. The summed E-state index contributed by atoms with van der Waals surface area (Å²) in [6.45, 7) is 5.18. The third-order valence-corrected chi connectivity index (χ3v) is 8.01. The molecule has 5 rings (SSSR count). The number of nitrogen functional groups attached to an aromatic ring is 1. The van der Waals surface area contributed by atoms with Crippen molar-refractivity contribution in [1.29, 1.82) is 0 Å². The molecule has 0 spiro atoms. The van der Waals surface area contributed by atoms with Crippen molar-refractivity contribution in [3.8, 4) is 22.9 Å². The molecule has 2 aliphatic rings. The molecule has 0 radical (unpaired) electrons. The van der Waals surface area contributed by atoms with Crippen LogP contribution in [-0.4, -0.2) is 129 Å². The van der Waals surface area contributed by atoms with Crippen LogP contribution in [0, 0.1) is 0 Å². The van der Waals surface area contributed by atoms with Crippen molar-refractivity contribution in [3.63, 3.8) is 0 Å². The number of aliphatic carboxylic acids is 1. The summed E-state index contributed by atoms with van der Waals surface area (Å²) < 4.78 is 32.6. The molecule has 2 aromatic heterocycles. The lowest BCUT2D eigenvalue weighted by Crippen LogP contribution is -2.54. The Balaban J connectivity index is 0.972. The van der Waals surface area contributed by atoms with Crippen molar-refractivity contribution in [3.05, 3.63) is 48.7 Å². The second-order valence-electron chi connectivity index (χ2n) is 11.3. The Morgan fingerprint density at radius 3 is 2.04 bits per heavy atom. The van der Waals surface area contributed by atoms with E-state index in [0.29, 0.717) is 94.5 Å². The summed E-state index contributed by atoms with van der Waals surface area (Å²) >= 11 is 0. The molecule has 0 aliphatic carbocycles. The van der Waals surface area contributed by atoms with Crippen LogP contribution in [0.2, 0.25) is 0 Å². The zero-order chi connectivity index (χ0) is 33.6. The van der Waals surface area contributed by atoms with Gasteiger partial charge in [0, 0.05) is 48.7 Å². The number of hydrogen-bond donors (Lipinski definition) is 3. The normalized spacial score (nSPS) is 17.2. The molecule has 4 N–H and O–H groups in total. The van der Waals surface area contributed by atoms with E-state index in [-0.39, 0.29) is 19.0 Å². The van der Waals surface area contributed by atoms with Gasteiger partial charge in [-0.25, -0.2) is 9.78 Å².